The molecule has 0 saturated heterocycles. The van der Waals surface area contributed by atoms with Gasteiger partial charge in [0.15, 0.2) is 12.4 Å². The number of carboxylic acid groups (broad SMARTS) is 1. The molecule has 204 valence electrons. The molecule has 0 bridgehead atoms. The van der Waals surface area contributed by atoms with Gasteiger partial charge in [-0.05, 0) is 59.7 Å². The van der Waals surface area contributed by atoms with Crippen molar-refractivity contribution in [3.63, 3.8) is 0 Å². The third-order valence-corrected chi connectivity index (χ3v) is 6.30. The van der Waals surface area contributed by atoms with Crippen molar-refractivity contribution in [3.8, 4) is 16.9 Å². The lowest BCUT2D eigenvalue weighted by molar-refractivity contribution is -0.142. The summed E-state index contributed by atoms with van der Waals surface area (Å²) in [5.41, 5.74) is 1.74. The molecule has 0 aliphatic rings. The Morgan fingerprint density at radius 1 is 0.872 bits per heavy atom. The minimum Gasteiger partial charge on any atom is -0.483 e. The van der Waals surface area contributed by atoms with Crippen LogP contribution in [0.2, 0.25) is 0 Å². The number of ketones is 1. The number of aliphatic hydroxyl groups is 1. The quantitative estimate of drug-likeness (QED) is 0.185. The van der Waals surface area contributed by atoms with Crippen molar-refractivity contribution in [1.82, 2.24) is 10.6 Å². The van der Waals surface area contributed by atoms with E-state index in [1.165, 1.54) is 36.4 Å². The van der Waals surface area contributed by atoms with Crippen molar-refractivity contribution in [2.24, 2.45) is 0 Å². The van der Waals surface area contributed by atoms with Crippen LogP contribution in [0.5, 0.6) is 5.75 Å². The number of benzene rings is 3. The second-order valence-electron chi connectivity index (χ2n) is 8.09. The van der Waals surface area contributed by atoms with Gasteiger partial charge in [-0.25, -0.2) is 13.6 Å². The molecule has 0 aliphatic heterocycles. The molecule has 0 saturated carbocycles. The molecule has 0 spiro atoms. The molecule has 3 aromatic carbocycles. The first-order chi connectivity index (χ1) is 18.7. The van der Waals surface area contributed by atoms with E-state index in [4.69, 9.17) is 14.9 Å². The van der Waals surface area contributed by atoms with E-state index in [1.807, 2.05) is 5.32 Å². The summed E-state index contributed by atoms with van der Waals surface area (Å²) >= 11 is 1.13. The van der Waals surface area contributed by atoms with Crippen LogP contribution in [-0.4, -0.2) is 65.3 Å². The number of rotatable bonds is 13. The lowest BCUT2D eigenvalue weighted by Crippen LogP contribution is -2.47. The van der Waals surface area contributed by atoms with Gasteiger partial charge >= 0.3 is 5.97 Å². The second-order valence-corrected chi connectivity index (χ2v) is 9.11. The number of Topliss-reactive ketones (excluding diaryl/α,β-unsaturated/α-hetero) is 1. The third kappa shape index (κ3) is 8.90. The summed E-state index contributed by atoms with van der Waals surface area (Å²) in [5, 5.41) is 22.1. The molecule has 0 radical (unpaired) electrons. The fourth-order valence-corrected chi connectivity index (χ4v) is 4.16. The van der Waals surface area contributed by atoms with Crippen LogP contribution in [0.15, 0.2) is 71.6 Å². The summed E-state index contributed by atoms with van der Waals surface area (Å²) in [6, 6.07) is 14.4. The van der Waals surface area contributed by atoms with Gasteiger partial charge in [0.1, 0.15) is 23.4 Å². The van der Waals surface area contributed by atoms with Crippen molar-refractivity contribution >= 4 is 35.3 Å². The smallest absolute Gasteiger partial charge is 0.328 e. The highest BCUT2D eigenvalue weighted by molar-refractivity contribution is 8.00. The zero-order valence-corrected chi connectivity index (χ0v) is 21.2. The summed E-state index contributed by atoms with van der Waals surface area (Å²) in [4.78, 5) is 48.0. The van der Waals surface area contributed by atoms with Crippen molar-refractivity contribution < 1.29 is 42.9 Å². The van der Waals surface area contributed by atoms with E-state index in [2.05, 4.69) is 5.32 Å². The Balaban J connectivity index is 1.68. The molecule has 3 rings (SSSR count). The van der Waals surface area contributed by atoms with Crippen molar-refractivity contribution in [3.05, 3.63) is 83.9 Å². The Morgan fingerprint density at radius 2 is 1.49 bits per heavy atom. The number of aliphatic carboxylic acids is 1. The molecule has 12 heteroatoms. The van der Waals surface area contributed by atoms with Gasteiger partial charge in [-0.2, -0.15) is 0 Å². The van der Waals surface area contributed by atoms with Gasteiger partial charge < -0.3 is 25.6 Å². The van der Waals surface area contributed by atoms with Gasteiger partial charge in [0.25, 0.3) is 5.91 Å². The van der Waals surface area contributed by atoms with Gasteiger partial charge in [-0.3, -0.25) is 14.4 Å². The second kappa shape index (κ2) is 14.0. The molecular formula is C27H24F2N2O7S. The molecule has 0 unspecified atom stereocenters. The molecule has 1 atom stereocenters. The van der Waals surface area contributed by atoms with Crippen LogP contribution in [0.1, 0.15) is 10.4 Å². The molecule has 9 nitrogen and oxygen atoms in total. The zero-order valence-electron chi connectivity index (χ0n) is 20.4. The van der Waals surface area contributed by atoms with Crippen LogP contribution in [-0.2, 0) is 14.4 Å². The number of carbonyl (C=O) groups is 4. The van der Waals surface area contributed by atoms with Gasteiger partial charge in [0.05, 0.1) is 23.8 Å². The van der Waals surface area contributed by atoms with Crippen molar-refractivity contribution in [2.45, 2.75) is 10.9 Å². The monoisotopic (exact) mass is 558 g/mol. The summed E-state index contributed by atoms with van der Waals surface area (Å²) in [6.45, 7) is -1.84. The molecular weight excluding hydrogens is 534 g/mol. The number of carbonyl (C=O) groups excluding carboxylic acids is 3. The number of nitrogens with one attached hydrogen (secondary N) is 2. The topological polar surface area (TPSA) is 142 Å². The summed E-state index contributed by atoms with van der Waals surface area (Å²) in [7, 11) is 0. The Kier molecular flexibility index (Phi) is 10.5. The standard InChI is InChI=1S/C27H24F2N2O7S/c28-19-6-1-16(2-7-19)18-5-10-23(24(11-18)39-15-22(33)17-3-8-20(29)9-4-17)38-14-26(35)30-12-25(34)31-21(13-32)27(36)37/h1-11,21,32H,12-15H2,(H,30,35)(H,31,34)(H,36,37)/t21-/m1/s1. The summed E-state index contributed by atoms with van der Waals surface area (Å²) in [5.74, 6) is -3.79. The fraction of sp³-hybridized carbons (Fsp3) is 0.185. The SMILES string of the molecule is O=C(COc1ccc(-c2ccc(F)cc2)cc1SCC(=O)c1ccc(F)cc1)NCC(=O)N[C@H](CO)C(=O)O. The minimum absolute atomic E-state index is 0.0170. The Labute approximate surface area is 226 Å². The number of hydrogen-bond acceptors (Lipinski definition) is 7. The Morgan fingerprint density at radius 3 is 2.10 bits per heavy atom. The van der Waals surface area contributed by atoms with Gasteiger partial charge in [0, 0.05) is 5.56 Å². The highest BCUT2D eigenvalue weighted by Gasteiger charge is 2.19. The Hall–Kier alpha value is -4.29. The average Bonchev–Trinajstić information content (AvgIpc) is 2.93. The fourth-order valence-electron chi connectivity index (χ4n) is 3.23. The van der Waals surface area contributed by atoms with Crippen LogP contribution in [0.25, 0.3) is 11.1 Å². The van der Waals surface area contributed by atoms with Crippen molar-refractivity contribution in [1.29, 1.82) is 0 Å². The van der Waals surface area contributed by atoms with Crippen molar-refractivity contribution in [2.75, 3.05) is 25.5 Å². The van der Waals surface area contributed by atoms with Crippen LogP contribution in [0, 0.1) is 11.6 Å². The van der Waals surface area contributed by atoms with E-state index >= 15 is 0 Å². The largest absolute Gasteiger partial charge is 0.483 e. The number of carboxylic acids is 1. The first-order valence-electron chi connectivity index (χ1n) is 11.5. The van der Waals surface area contributed by atoms with E-state index in [0.717, 1.165) is 11.8 Å². The molecule has 0 heterocycles. The van der Waals surface area contributed by atoms with Crippen LogP contribution in [0.4, 0.5) is 8.78 Å². The maximum absolute atomic E-state index is 13.4. The third-order valence-electron chi connectivity index (χ3n) is 5.27. The first kappa shape index (κ1) is 29.3. The Bertz CT molecular complexity index is 1330. The summed E-state index contributed by atoms with van der Waals surface area (Å²) < 4.78 is 32.2. The first-order valence-corrected chi connectivity index (χ1v) is 12.5. The maximum Gasteiger partial charge on any atom is 0.328 e. The summed E-state index contributed by atoms with van der Waals surface area (Å²) in [6.07, 6.45) is 0. The molecule has 2 amide bonds. The lowest BCUT2D eigenvalue weighted by atomic mass is 10.1. The molecule has 0 aliphatic carbocycles. The zero-order chi connectivity index (χ0) is 28.4. The molecule has 3 aromatic rings. The maximum atomic E-state index is 13.4. The predicted octanol–water partition coefficient (Wildman–Crippen LogP) is 2.66. The predicted molar refractivity (Wildman–Crippen MR) is 138 cm³/mol. The number of aliphatic hydroxyl groups excluding tert-OH is 1. The van der Waals surface area contributed by atoms with Crippen LogP contribution in [0.3, 0.4) is 0 Å². The number of amides is 2. The lowest BCUT2D eigenvalue weighted by Gasteiger charge is -2.14. The van der Waals surface area contributed by atoms with E-state index < -0.39 is 55.2 Å². The van der Waals surface area contributed by atoms with Gasteiger partial charge in [-0.15, -0.1) is 11.8 Å². The molecule has 0 aromatic heterocycles. The number of hydrogen-bond donors (Lipinski definition) is 4. The van der Waals surface area contributed by atoms with Crippen LogP contribution < -0.4 is 15.4 Å². The average molecular weight is 559 g/mol. The van der Waals surface area contributed by atoms with Gasteiger partial charge in [0.2, 0.25) is 5.91 Å². The number of ether oxygens (including phenoxy) is 1. The highest BCUT2D eigenvalue weighted by Crippen LogP contribution is 2.34. The van der Waals surface area contributed by atoms with Crippen LogP contribution >= 0.6 is 11.8 Å². The van der Waals surface area contributed by atoms with E-state index in [0.29, 0.717) is 21.6 Å². The van der Waals surface area contributed by atoms with E-state index in [-0.39, 0.29) is 17.3 Å². The minimum atomic E-state index is -1.50. The molecule has 39 heavy (non-hydrogen) atoms. The van der Waals surface area contributed by atoms with E-state index in [1.54, 1.807) is 30.3 Å². The highest BCUT2D eigenvalue weighted by atomic mass is 32.2. The van der Waals surface area contributed by atoms with Gasteiger partial charge in [-0.1, -0.05) is 18.2 Å². The molecule has 0 fully saturated rings. The van der Waals surface area contributed by atoms with E-state index in [9.17, 15) is 28.0 Å². The molecule has 4 N–H and O–H groups in total. The number of thioether (sulfide) groups is 1. The number of halogens is 2. The normalized spacial score (nSPS) is 11.4.